The van der Waals surface area contributed by atoms with Gasteiger partial charge in [0, 0.05) is 18.2 Å². The van der Waals surface area contributed by atoms with Crippen molar-refractivity contribution < 1.29 is 14.2 Å². The molecule has 2 aromatic carbocycles. The number of nitrogens with zero attached hydrogens (tertiary/aromatic N) is 2. The lowest BCUT2D eigenvalue weighted by atomic mass is 10.1. The van der Waals surface area contributed by atoms with Gasteiger partial charge in [-0.2, -0.15) is 4.98 Å². The van der Waals surface area contributed by atoms with Gasteiger partial charge in [-0.05, 0) is 29.8 Å². The van der Waals surface area contributed by atoms with Gasteiger partial charge in [0.25, 0.3) is 0 Å². The Bertz CT molecular complexity index is 891. The van der Waals surface area contributed by atoms with Gasteiger partial charge in [0.2, 0.25) is 11.8 Å². The minimum atomic E-state index is 0.310. The molecule has 0 unspecified atom stereocenters. The Morgan fingerprint density at radius 2 is 1.70 bits per heavy atom. The molecule has 1 heterocycles. The molecule has 0 fully saturated rings. The lowest BCUT2D eigenvalue weighted by molar-refractivity contribution is 0.309. The second-order valence-corrected chi connectivity index (χ2v) is 6.02. The summed E-state index contributed by atoms with van der Waals surface area (Å²) in [5.74, 6) is 2.18. The summed E-state index contributed by atoms with van der Waals surface area (Å²) in [5.41, 5.74) is 1.94. The van der Waals surface area contributed by atoms with Crippen molar-refractivity contribution in [3.63, 3.8) is 0 Å². The second-order valence-electron chi connectivity index (χ2n) is 5.63. The molecule has 27 heavy (non-hydrogen) atoms. The molecule has 0 spiro atoms. The standard InChI is InChI=1S/C20H20ClN3O3/c1-25-16-9-8-14(12-17(16)26-2)10-11-27-19-13-18(21)23-20(24-19)22-15-6-4-3-5-7-15/h3-9,12-13H,10-11H2,1-2H3,(H,22,23,24). The van der Waals surface area contributed by atoms with Gasteiger partial charge in [0.15, 0.2) is 11.5 Å². The molecule has 6 nitrogen and oxygen atoms in total. The summed E-state index contributed by atoms with van der Waals surface area (Å²) in [7, 11) is 3.23. The van der Waals surface area contributed by atoms with E-state index in [9.17, 15) is 0 Å². The Morgan fingerprint density at radius 1 is 0.926 bits per heavy atom. The average molecular weight is 386 g/mol. The number of nitrogens with one attached hydrogen (secondary N) is 1. The first-order chi connectivity index (χ1) is 13.2. The zero-order valence-corrected chi connectivity index (χ0v) is 15.9. The first-order valence-electron chi connectivity index (χ1n) is 8.38. The van der Waals surface area contributed by atoms with Crippen LogP contribution in [0.2, 0.25) is 5.15 Å². The van der Waals surface area contributed by atoms with E-state index in [0.29, 0.717) is 41.5 Å². The van der Waals surface area contributed by atoms with E-state index < -0.39 is 0 Å². The Balaban J connectivity index is 1.62. The van der Waals surface area contributed by atoms with Crippen molar-refractivity contribution in [2.24, 2.45) is 0 Å². The van der Waals surface area contributed by atoms with E-state index in [4.69, 9.17) is 25.8 Å². The van der Waals surface area contributed by atoms with Crippen LogP contribution in [0.1, 0.15) is 5.56 Å². The minimum absolute atomic E-state index is 0.310. The van der Waals surface area contributed by atoms with Crippen molar-refractivity contribution in [2.75, 3.05) is 26.1 Å². The summed E-state index contributed by atoms with van der Waals surface area (Å²) < 4.78 is 16.3. The summed E-state index contributed by atoms with van der Waals surface area (Å²) in [6.07, 6.45) is 0.684. The maximum absolute atomic E-state index is 6.08. The van der Waals surface area contributed by atoms with E-state index in [1.165, 1.54) is 0 Å². The van der Waals surface area contributed by atoms with Crippen molar-refractivity contribution in [3.8, 4) is 17.4 Å². The first kappa shape index (κ1) is 18.8. The molecular formula is C20H20ClN3O3. The number of para-hydroxylation sites is 1. The highest BCUT2D eigenvalue weighted by Crippen LogP contribution is 2.28. The number of anilines is 2. The van der Waals surface area contributed by atoms with Gasteiger partial charge in [-0.15, -0.1) is 0 Å². The predicted octanol–water partition coefficient (Wildman–Crippen LogP) is 4.51. The zero-order valence-electron chi connectivity index (χ0n) is 15.1. The van der Waals surface area contributed by atoms with Gasteiger partial charge in [0.1, 0.15) is 5.15 Å². The third-order valence-electron chi connectivity index (χ3n) is 3.79. The monoisotopic (exact) mass is 385 g/mol. The summed E-state index contributed by atoms with van der Waals surface area (Å²) in [5, 5.41) is 3.41. The number of ether oxygens (including phenoxy) is 3. The molecule has 0 amide bonds. The lowest BCUT2D eigenvalue weighted by Gasteiger charge is -2.11. The SMILES string of the molecule is COc1ccc(CCOc2cc(Cl)nc(Nc3ccccc3)n2)cc1OC. The molecule has 0 saturated carbocycles. The van der Waals surface area contributed by atoms with Crippen molar-refractivity contribution in [1.82, 2.24) is 9.97 Å². The average Bonchev–Trinajstić information content (AvgIpc) is 2.68. The Hall–Kier alpha value is -2.99. The summed E-state index contributed by atoms with van der Waals surface area (Å²) in [4.78, 5) is 8.52. The van der Waals surface area contributed by atoms with Crippen molar-refractivity contribution in [3.05, 3.63) is 65.3 Å². The Morgan fingerprint density at radius 3 is 2.44 bits per heavy atom. The second kappa shape index (κ2) is 9.09. The van der Waals surface area contributed by atoms with Gasteiger partial charge in [0.05, 0.1) is 20.8 Å². The Kier molecular flexibility index (Phi) is 6.33. The maximum atomic E-state index is 6.08. The van der Waals surface area contributed by atoms with Crippen molar-refractivity contribution in [2.45, 2.75) is 6.42 Å². The number of benzene rings is 2. The van der Waals surface area contributed by atoms with E-state index >= 15 is 0 Å². The number of hydrogen-bond donors (Lipinski definition) is 1. The summed E-state index contributed by atoms with van der Waals surface area (Å²) in [6, 6.07) is 17.0. The predicted molar refractivity (Wildman–Crippen MR) is 106 cm³/mol. The normalized spacial score (nSPS) is 10.3. The molecule has 0 radical (unpaired) electrons. The van der Waals surface area contributed by atoms with E-state index in [0.717, 1.165) is 11.3 Å². The zero-order chi connectivity index (χ0) is 19.1. The highest BCUT2D eigenvalue weighted by atomic mass is 35.5. The third-order valence-corrected chi connectivity index (χ3v) is 3.98. The molecule has 0 aliphatic carbocycles. The molecule has 0 bridgehead atoms. The summed E-state index contributed by atoms with van der Waals surface area (Å²) >= 11 is 6.08. The largest absolute Gasteiger partial charge is 0.493 e. The van der Waals surface area contributed by atoms with Crippen LogP contribution in [-0.4, -0.2) is 30.8 Å². The highest BCUT2D eigenvalue weighted by Gasteiger charge is 2.07. The fraction of sp³-hybridized carbons (Fsp3) is 0.200. The van der Waals surface area contributed by atoms with E-state index in [1.807, 2.05) is 48.5 Å². The fourth-order valence-electron chi connectivity index (χ4n) is 2.49. The van der Waals surface area contributed by atoms with Gasteiger partial charge in [-0.3, -0.25) is 0 Å². The van der Waals surface area contributed by atoms with Crippen LogP contribution in [-0.2, 0) is 6.42 Å². The van der Waals surface area contributed by atoms with Crippen LogP contribution in [0.3, 0.4) is 0 Å². The quantitative estimate of drug-likeness (QED) is 0.575. The van der Waals surface area contributed by atoms with Crippen molar-refractivity contribution >= 4 is 23.2 Å². The summed E-state index contributed by atoms with van der Waals surface area (Å²) in [6.45, 7) is 0.438. The number of hydrogen-bond acceptors (Lipinski definition) is 6. The molecule has 0 atom stereocenters. The number of rotatable bonds is 8. The highest BCUT2D eigenvalue weighted by molar-refractivity contribution is 6.29. The van der Waals surface area contributed by atoms with E-state index in [-0.39, 0.29) is 0 Å². The molecule has 7 heteroatoms. The van der Waals surface area contributed by atoms with E-state index in [2.05, 4.69) is 15.3 Å². The maximum Gasteiger partial charge on any atom is 0.231 e. The van der Waals surface area contributed by atoms with Crippen LogP contribution in [0.15, 0.2) is 54.6 Å². The molecule has 0 aliphatic heterocycles. The van der Waals surface area contributed by atoms with Crippen LogP contribution in [0, 0.1) is 0 Å². The molecule has 1 N–H and O–H groups in total. The van der Waals surface area contributed by atoms with Gasteiger partial charge in [-0.25, -0.2) is 4.98 Å². The first-order valence-corrected chi connectivity index (χ1v) is 8.76. The number of aromatic nitrogens is 2. The smallest absolute Gasteiger partial charge is 0.231 e. The number of methoxy groups -OCH3 is 2. The van der Waals surface area contributed by atoms with Crippen LogP contribution in [0.4, 0.5) is 11.6 Å². The van der Waals surface area contributed by atoms with Gasteiger partial charge in [-0.1, -0.05) is 35.9 Å². The van der Waals surface area contributed by atoms with Crippen LogP contribution in [0.5, 0.6) is 17.4 Å². The molecule has 140 valence electrons. The lowest BCUT2D eigenvalue weighted by Crippen LogP contribution is -2.05. The molecule has 3 aromatic rings. The van der Waals surface area contributed by atoms with E-state index in [1.54, 1.807) is 20.3 Å². The Labute approximate surface area is 163 Å². The molecule has 0 aliphatic rings. The van der Waals surface area contributed by atoms with Crippen LogP contribution in [0.25, 0.3) is 0 Å². The van der Waals surface area contributed by atoms with Crippen LogP contribution >= 0.6 is 11.6 Å². The van der Waals surface area contributed by atoms with Gasteiger partial charge < -0.3 is 19.5 Å². The molecular weight excluding hydrogens is 366 g/mol. The minimum Gasteiger partial charge on any atom is -0.493 e. The topological polar surface area (TPSA) is 65.5 Å². The van der Waals surface area contributed by atoms with Crippen molar-refractivity contribution in [1.29, 1.82) is 0 Å². The molecule has 0 saturated heterocycles. The van der Waals surface area contributed by atoms with Crippen LogP contribution < -0.4 is 19.5 Å². The molecule has 1 aromatic heterocycles. The fourth-order valence-corrected chi connectivity index (χ4v) is 2.66. The third kappa shape index (κ3) is 5.24. The van der Waals surface area contributed by atoms with Gasteiger partial charge >= 0.3 is 0 Å². The molecule has 3 rings (SSSR count). The number of halogens is 1.